The number of fused-ring (bicyclic) bond motifs is 1. The van der Waals surface area contributed by atoms with Crippen molar-refractivity contribution in [1.29, 1.82) is 0 Å². The van der Waals surface area contributed by atoms with E-state index in [9.17, 15) is 9.59 Å². The minimum atomic E-state index is -1.01. The molecule has 41 heavy (non-hydrogen) atoms. The standard InChI is InChI=1S/C37H29NO3/c1-25-33(31-22-11-12-23-32(31)38-25)34(28-18-13-21-30(24-28)41-29-19-9-4-10-20-29)35(36(39)26-14-5-2-6-15-26)37(40)27-16-7-3-8-17-27/h2-24,34-35,38H,1H3/t34-/m0/s1. The van der Waals surface area contributed by atoms with Crippen LogP contribution in [0.2, 0.25) is 0 Å². The SMILES string of the molecule is Cc1[nH]c2ccccc2c1[C@H](c1cccc(Oc2ccccc2)c1)C(C(=O)c1ccccc1)C(=O)c1ccccc1. The Balaban J connectivity index is 1.58. The summed E-state index contributed by atoms with van der Waals surface area (Å²) in [5, 5.41) is 0.983. The monoisotopic (exact) mass is 535 g/mol. The Hall–Kier alpha value is -5.22. The quantitative estimate of drug-likeness (QED) is 0.149. The van der Waals surface area contributed by atoms with E-state index in [1.807, 2.05) is 122 Å². The van der Waals surface area contributed by atoms with Gasteiger partial charge in [-0.1, -0.05) is 109 Å². The molecular weight excluding hydrogens is 506 g/mol. The van der Waals surface area contributed by atoms with E-state index in [1.54, 1.807) is 24.3 Å². The number of hydrogen-bond donors (Lipinski definition) is 1. The molecule has 1 N–H and O–H groups in total. The van der Waals surface area contributed by atoms with E-state index in [2.05, 4.69) is 4.98 Å². The smallest absolute Gasteiger partial charge is 0.174 e. The highest BCUT2D eigenvalue weighted by molar-refractivity contribution is 6.17. The molecule has 0 unspecified atom stereocenters. The number of H-pyrrole nitrogens is 1. The fourth-order valence-corrected chi connectivity index (χ4v) is 5.61. The van der Waals surface area contributed by atoms with E-state index in [-0.39, 0.29) is 11.6 Å². The van der Waals surface area contributed by atoms with Gasteiger partial charge in [-0.2, -0.15) is 0 Å². The van der Waals surface area contributed by atoms with Crippen molar-refractivity contribution >= 4 is 22.5 Å². The largest absolute Gasteiger partial charge is 0.457 e. The van der Waals surface area contributed by atoms with Crippen molar-refractivity contribution in [1.82, 2.24) is 4.98 Å². The Kier molecular flexibility index (Phi) is 7.29. The van der Waals surface area contributed by atoms with E-state index in [1.165, 1.54) is 0 Å². The molecular formula is C37H29NO3. The van der Waals surface area contributed by atoms with Crippen molar-refractivity contribution in [2.24, 2.45) is 5.92 Å². The molecule has 4 heteroatoms. The van der Waals surface area contributed by atoms with E-state index < -0.39 is 11.8 Å². The third-order valence-corrected chi connectivity index (χ3v) is 7.47. The molecule has 1 heterocycles. The Bertz CT molecular complexity index is 1760. The van der Waals surface area contributed by atoms with Gasteiger partial charge in [0.05, 0.1) is 5.92 Å². The predicted octanol–water partition coefficient (Wildman–Crippen LogP) is 8.78. The number of ketones is 2. The summed E-state index contributed by atoms with van der Waals surface area (Å²) in [6.45, 7) is 2.00. The lowest BCUT2D eigenvalue weighted by Gasteiger charge is -2.27. The predicted molar refractivity (Wildman–Crippen MR) is 163 cm³/mol. The number of hydrogen-bond acceptors (Lipinski definition) is 3. The number of carbonyl (C=O) groups excluding carboxylic acids is 2. The number of Topliss-reactive ketones (excluding diaryl/α,β-unsaturated/α-hetero) is 2. The molecule has 0 aliphatic rings. The van der Waals surface area contributed by atoms with Gasteiger partial charge < -0.3 is 9.72 Å². The third-order valence-electron chi connectivity index (χ3n) is 7.47. The second-order valence-electron chi connectivity index (χ2n) is 10.1. The fraction of sp³-hybridized carbons (Fsp3) is 0.0811. The van der Waals surface area contributed by atoms with E-state index in [4.69, 9.17) is 4.74 Å². The van der Waals surface area contributed by atoms with Crippen LogP contribution in [-0.4, -0.2) is 16.6 Å². The Morgan fingerprint density at radius 3 is 1.78 bits per heavy atom. The normalized spacial score (nSPS) is 11.9. The molecule has 0 saturated carbocycles. The van der Waals surface area contributed by atoms with Gasteiger partial charge in [0.25, 0.3) is 0 Å². The first kappa shape index (κ1) is 26.0. The zero-order valence-corrected chi connectivity index (χ0v) is 22.7. The lowest BCUT2D eigenvalue weighted by molar-refractivity contribution is 0.0793. The molecule has 6 rings (SSSR count). The number of aromatic nitrogens is 1. The summed E-state index contributed by atoms with van der Waals surface area (Å²) in [6, 6.07) is 43.5. The summed E-state index contributed by atoms with van der Waals surface area (Å²) in [7, 11) is 0. The molecule has 0 bridgehead atoms. The Labute approximate surface area is 239 Å². The van der Waals surface area contributed by atoms with Crippen LogP contribution in [0.3, 0.4) is 0 Å². The first-order valence-electron chi connectivity index (χ1n) is 13.7. The van der Waals surface area contributed by atoms with Crippen LogP contribution >= 0.6 is 0 Å². The van der Waals surface area contributed by atoms with Crippen molar-refractivity contribution in [3.8, 4) is 11.5 Å². The van der Waals surface area contributed by atoms with Gasteiger partial charge in [0.1, 0.15) is 11.5 Å². The number of carbonyl (C=O) groups is 2. The molecule has 0 aliphatic carbocycles. The number of ether oxygens (including phenoxy) is 1. The summed E-state index contributed by atoms with van der Waals surface area (Å²) in [4.78, 5) is 32.4. The van der Waals surface area contributed by atoms with Crippen LogP contribution in [0.4, 0.5) is 0 Å². The molecule has 1 atom stereocenters. The molecule has 0 radical (unpaired) electrons. The number of nitrogens with one attached hydrogen (secondary N) is 1. The van der Waals surface area contributed by atoms with Crippen molar-refractivity contribution in [2.45, 2.75) is 12.8 Å². The van der Waals surface area contributed by atoms with Crippen LogP contribution in [0.25, 0.3) is 10.9 Å². The molecule has 1 aromatic heterocycles. The highest BCUT2D eigenvalue weighted by Crippen LogP contribution is 2.42. The minimum Gasteiger partial charge on any atom is -0.457 e. The second-order valence-corrected chi connectivity index (χ2v) is 10.1. The molecule has 0 amide bonds. The van der Waals surface area contributed by atoms with Gasteiger partial charge in [0.2, 0.25) is 0 Å². The molecule has 5 aromatic carbocycles. The Morgan fingerprint density at radius 2 is 1.15 bits per heavy atom. The third kappa shape index (κ3) is 5.32. The maximum atomic E-state index is 14.4. The second kappa shape index (κ2) is 11.5. The zero-order valence-electron chi connectivity index (χ0n) is 22.7. The highest BCUT2D eigenvalue weighted by atomic mass is 16.5. The summed E-state index contributed by atoms with van der Waals surface area (Å²) in [6.07, 6.45) is 0. The van der Waals surface area contributed by atoms with Crippen LogP contribution < -0.4 is 4.74 Å². The van der Waals surface area contributed by atoms with E-state index in [0.29, 0.717) is 22.6 Å². The number of aryl methyl sites for hydroxylation is 1. The van der Waals surface area contributed by atoms with Crippen LogP contribution in [-0.2, 0) is 0 Å². The summed E-state index contributed by atoms with van der Waals surface area (Å²) in [5.41, 5.74) is 4.62. The molecule has 200 valence electrons. The van der Waals surface area contributed by atoms with Crippen LogP contribution in [0.5, 0.6) is 11.5 Å². The number of rotatable bonds is 9. The topological polar surface area (TPSA) is 59.2 Å². The van der Waals surface area contributed by atoms with Gasteiger partial charge in [0.15, 0.2) is 11.6 Å². The van der Waals surface area contributed by atoms with Gasteiger partial charge in [0, 0.05) is 33.6 Å². The van der Waals surface area contributed by atoms with Crippen molar-refractivity contribution in [3.05, 3.63) is 167 Å². The van der Waals surface area contributed by atoms with Crippen LogP contribution in [0.15, 0.2) is 140 Å². The van der Waals surface area contributed by atoms with Gasteiger partial charge in [-0.25, -0.2) is 0 Å². The summed E-state index contributed by atoms with van der Waals surface area (Å²) < 4.78 is 6.20. The summed E-state index contributed by atoms with van der Waals surface area (Å²) >= 11 is 0. The molecule has 4 nitrogen and oxygen atoms in total. The van der Waals surface area contributed by atoms with Gasteiger partial charge in [-0.3, -0.25) is 9.59 Å². The fourth-order valence-electron chi connectivity index (χ4n) is 5.61. The lowest BCUT2D eigenvalue weighted by atomic mass is 9.73. The number of aromatic amines is 1. The maximum absolute atomic E-state index is 14.4. The van der Waals surface area contributed by atoms with Crippen molar-refractivity contribution in [2.75, 3.05) is 0 Å². The van der Waals surface area contributed by atoms with E-state index in [0.717, 1.165) is 27.7 Å². The molecule has 0 fully saturated rings. The molecule has 6 aromatic rings. The van der Waals surface area contributed by atoms with Gasteiger partial charge in [-0.15, -0.1) is 0 Å². The number of benzene rings is 5. The van der Waals surface area contributed by atoms with Crippen molar-refractivity contribution in [3.63, 3.8) is 0 Å². The zero-order chi connectivity index (χ0) is 28.2. The molecule has 0 aliphatic heterocycles. The average molecular weight is 536 g/mol. The summed E-state index contributed by atoms with van der Waals surface area (Å²) in [5.74, 6) is -0.682. The minimum absolute atomic E-state index is 0.219. The number of para-hydroxylation sites is 2. The lowest BCUT2D eigenvalue weighted by Crippen LogP contribution is -2.31. The van der Waals surface area contributed by atoms with E-state index >= 15 is 0 Å². The van der Waals surface area contributed by atoms with Gasteiger partial charge in [-0.05, 0) is 48.4 Å². The maximum Gasteiger partial charge on any atom is 0.174 e. The average Bonchev–Trinajstić information content (AvgIpc) is 3.36. The first-order chi connectivity index (χ1) is 20.1. The van der Waals surface area contributed by atoms with Gasteiger partial charge >= 0.3 is 0 Å². The van der Waals surface area contributed by atoms with Crippen LogP contribution in [0.1, 0.15) is 43.5 Å². The first-order valence-corrected chi connectivity index (χ1v) is 13.7. The van der Waals surface area contributed by atoms with Crippen LogP contribution in [0, 0.1) is 12.8 Å². The molecule has 0 saturated heterocycles. The highest BCUT2D eigenvalue weighted by Gasteiger charge is 2.39. The van der Waals surface area contributed by atoms with Crippen molar-refractivity contribution < 1.29 is 14.3 Å². The molecule has 0 spiro atoms. The Morgan fingerprint density at radius 1 is 0.610 bits per heavy atom.